The van der Waals surface area contributed by atoms with Crippen LogP contribution in [0, 0.1) is 5.41 Å². The van der Waals surface area contributed by atoms with Gasteiger partial charge in [-0.15, -0.1) is 0 Å². The van der Waals surface area contributed by atoms with Crippen molar-refractivity contribution in [1.82, 2.24) is 0 Å². The van der Waals surface area contributed by atoms with Crippen LogP contribution in [0.1, 0.15) is 32.1 Å². The molecule has 0 N–H and O–H groups in total. The predicted molar refractivity (Wildman–Crippen MR) is 72.0 cm³/mol. The summed E-state index contributed by atoms with van der Waals surface area (Å²) in [5.41, 5.74) is 1.34. The summed E-state index contributed by atoms with van der Waals surface area (Å²) in [4.78, 5) is 14.1. The Morgan fingerprint density at radius 3 is 2.41 bits per heavy atom. The minimum atomic E-state index is 0.296. The monoisotopic (exact) mass is 293 g/mol. The van der Waals surface area contributed by atoms with E-state index in [1.807, 2.05) is 29.2 Å². The van der Waals surface area contributed by atoms with Crippen LogP contribution >= 0.6 is 15.9 Å². The van der Waals surface area contributed by atoms with Gasteiger partial charge in [-0.3, -0.25) is 4.79 Å². The zero-order valence-electron chi connectivity index (χ0n) is 9.79. The van der Waals surface area contributed by atoms with Crippen LogP contribution in [0.4, 0.5) is 5.69 Å². The van der Waals surface area contributed by atoms with Crippen molar-refractivity contribution in [2.45, 2.75) is 32.1 Å². The van der Waals surface area contributed by atoms with Gasteiger partial charge in [-0.2, -0.15) is 0 Å². The lowest BCUT2D eigenvalue weighted by molar-refractivity contribution is -0.117. The third kappa shape index (κ3) is 2.01. The van der Waals surface area contributed by atoms with Crippen LogP contribution in [0.25, 0.3) is 0 Å². The van der Waals surface area contributed by atoms with Gasteiger partial charge in [0, 0.05) is 23.1 Å². The normalized spacial score (nSPS) is 22.6. The standard InChI is InChI=1S/C14H16BrNO/c15-11-3-5-12(6-4-11)16-10-14(9-13(16)17)7-1-2-8-14/h3-6H,1-2,7-10H2. The molecule has 1 aliphatic heterocycles. The Morgan fingerprint density at radius 1 is 1.12 bits per heavy atom. The maximum Gasteiger partial charge on any atom is 0.227 e. The molecule has 1 amide bonds. The maximum atomic E-state index is 12.1. The maximum absolute atomic E-state index is 12.1. The largest absolute Gasteiger partial charge is 0.312 e. The van der Waals surface area contributed by atoms with E-state index in [-0.39, 0.29) is 0 Å². The van der Waals surface area contributed by atoms with Gasteiger partial charge in [-0.1, -0.05) is 28.8 Å². The van der Waals surface area contributed by atoms with E-state index in [2.05, 4.69) is 15.9 Å². The molecule has 1 saturated heterocycles. The van der Waals surface area contributed by atoms with Crippen molar-refractivity contribution in [3.63, 3.8) is 0 Å². The first kappa shape index (κ1) is 11.3. The van der Waals surface area contributed by atoms with Crippen LogP contribution in [-0.2, 0) is 4.79 Å². The highest BCUT2D eigenvalue weighted by molar-refractivity contribution is 9.10. The van der Waals surface area contributed by atoms with E-state index in [1.54, 1.807) is 0 Å². The molecule has 17 heavy (non-hydrogen) atoms. The van der Waals surface area contributed by atoms with Gasteiger partial charge in [0.15, 0.2) is 0 Å². The summed E-state index contributed by atoms with van der Waals surface area (Å²) in [6.07, 6.45) is 5.80. The number of anilines is 1. The molecule has 0 aromatic heterocycles. The fraction of sp³-hybridized carbons (Fsp3) is 0.500. The predicted octanol–water partition coefficient (Wildman–Crippen LogP) is 3.75. The number of nitrogens with zero attached hydrogens (tertiary/aromatic N) is 1. The fourth-order valence-electron chi connectivity index (χ4n) is 3.21. The second-order valence-electron chi connectivity index (χ2n) is 5.34. The lowest BCUT2D eigenvalue weighted by atomic mass is 9.85. The van der Waals surface area contributed by atoms with Crippen molar-refractivity contribution in [2.24, 2.45) is 5.41 Å². The molecule has 0 unspecified atom stereocenters. The molecule has 1 aromatic rings. The number of hydrogen-bond acceptors (Lipinski definition) is 1. The highest BCUT2D eigenvalue weighted by Crippen LogP contribution is 2.46. The van der Waals surface area contributed by atoms with Crippen molar-refractivity contribution >= 4 is 27.5 Å². The molecule has 3 heteroatoms. The van der Waals surface area contributed by atoms with Crippen LogP contribution in [0.3, 0.4) is 0 Å². The lowest BCUT2D eigenvalue weighted by Gasteiger charge is -2.23. The number of carbonyl (C=O) groups excluding carboxylic acids is 1. The van der Waals surface area contributed by atoms with Gasteiger partial charge >= 0.3 is 0 Å². The third-order valence-electron chi connectivity index (χ3n) is 4.12. The molecule has 90 valence electrons. The van der Waals surface area contributed by atoms with E-state index in [1.165, 1.54) is 25.7 Å². The first-order valence-electron chi connectivity index (χ1n) is 6.25. The van der Waals surface area contributed by atoms with Gasteiger partial charge in [0.25, 0.3) is 0 Å². The van der Waals surface area contributed by atoms with Crippen LogP contribution in [0.5, 0.6) is 0 Å². The molecular formula is C14H16BrNO. The Morgan fingerprint density at radius 2 is 1.76 bits per heavy atom. The molecule has 0 radical (unpaired) electrons. The Hall–Kier alpha value is -0.830. The fourth-order valence-corrected chi connectivity index (χ4v) is 3.48. The smallest absolute Gasteiger partial charge is 0.227 e. The van der Waals surface area contributed by atoms with Crippen molar-refractivity contribution in [1.29, 1.82) is 0 Å². The van der Waals surface area contributed by atoms with E-state index in [0.29, 0.717) is 11.3 Å². The summed E-state index contributed by atoms with van der Waals surface area (Å²) in [7, 11) is 0. The van der Waals surface area contributed by atoms with Gasteiger partial charge < -0.3 is 4.90 Å². The Kier molecular flexibility index (Phi) is 2.74. The first-order chi connectivity index (χ1) is 8.19. The number of benzene rings is 1. The van der Waals surface area contributed by atoms with Gasteiger partial charge in [0.1, 0.15) is 0 Å². The average Bonchev–Trinajstić information content (AvgIpc) is 2.88. The van der Waals surface area contributed by atoms with Crippen LogP contribution < -0.4 is 4.90 Å². The van der Waals surface area contributed by atoms with Crippen LogP contribution in [-0.4, -0.2) is 12.5 Å². The quantitative estimate of drug-likeness (QED) is 0.772. The summed E-state index contributed by atoms with van der Waals surface area (Å²) in [5, 5.41) is 0. The minimum absolute atomic E-state index is 0.296. The zero-order chi connectivity index (χ0) is 11.9. The SMILES string of the molecule is O=C1CC2(CCCC2)CN1c1ccc(Br)cc1. The van der Waals surface area contributed by atoms with E-state index in [4.69, 9.17) is 0 Å². The van der Waals surface area contributed by atoms with Crippen molar-refractivity contribution in [3.8, 4) is 0 Å². The zero-order valence-corrected chi connectivity index (χ0v) is 11.4. The van der Waals surface area contributed by atoms with Gasteiger partial charge in [0.05, 0.1) is 0 Å². The molecule has 0 atom stereocenters. The number of hydrogen-bond donors (Lipinski definition) is 0. The molecular weight excluding hydrogens is 278 g/mol. The average molecular weight is 294 g/mol. The number of amides is 1. The molecule has 1 heterocycles. The van der Waals surface area contributed by atoms with Gasteiger partial charge in [-0.05, 0) is 42.5 Å². The van der Waals surface area contributed by atoms with Gasteiger partial charge in [-0.25, -0.2) is 0 Å². The van der Waals surface area contributed by atoms with Crippen molar-refractivity contribution in [3.05, 3.63) is 28.7 Å². The molecule has 3 rings (SSSR count). The van der Waals surface area contributed by atoms with E-state index in [9.17, 15) is 4.79 Å². The molecule has 1 spiro atoms. The minimum Gasteiger partial charge on any atom is -0.312 e. The third-order valence-corrected chi connectivity index (χ3v) is 4.65. The van der Waals surface area contributed by atoms with E-state index >= 15 is 0 Å². The number of halogens is 1. The Labute approximate surface area is 110 Å². The van der Waals surface area contributed by atoms with Crippen LogP contribution in [0.2, 0.25) is 0 Å². The summed E-state index contributed by atoms with van der Waals surface area (Å²) < 4.78 is 1.06. The van der Waals surface area contributed by atoms with E-state index in [0.717, 1.165) is 23.1 Å². The lowest BCUT2D eigenvalue weighted by Crippen LogP contribution is -2.26. The summed E-state index contributed by atoms with van der Waals surface area (Å²) in [6.45, 7) is 0.924. The summed E-state index contributed by atoms with van der Waals surface area (Å²) >= 11 is 3.43. The van der Waals surface area contributed by atoms with Crippen molar-refractivity contribution in [2.75, 3.05) is 11.4 Å². The second kappa shape index (κ2) is 4.13. The topological polar surface area (TPSA) is 20.3 Å². The summed E-state index contributed by atoms with van der Waals surface area (Å²) in [6, 6.07) is 8.05. The van der Waals surface area contributed by atoms with Crippen LogP contribution in [0.15, 0.2) is 28.7 Å². The highest BCUT2D eigenvalue weighted by Gasteiger charge is 2.44. The Balaban J connectivity index is 1.85. The second-order valence-corrected chi connectivity index (χ2v) is 6.26. The Bertz CT molecular complexity index is 434. The highest BCUT2D eigenvalue weighted by atomic mass is 79.9. The van der Waals surface area contributed by atoms with Gasteiger partial charge in [0.2, 0.25) is 5.91 Å². The summed E-state index contributed by atoms with van der Waals surface area (Å²) in [5.74, 6) is 0.300. The molecule has 2 fully saturated rings. The molecule has 1 aliphatic carbocycles. The van der Waals surface area contributed by atoms with Crippen molar-refractivity contribution < 1.29 is 4.79 Å². The molecule has 2 nitrogen and oxygen atoms in total. The molecule has 2 aliphatic rings. The van der Waals surface area contributed by atoms with E-state index < -0.39 is 0 Å². The first-order valence-corrected chi connectivity index (χ1v) is 7.04. The molecule has 0 bridgehead atoms. The number of rotatable bonds is 1. The molecule has 1 aromatic carbocycles. The number of carbonyl (C=O) groups is 1. The molecule has 1 saturated carbocycles.